The zero-order valence-corrected chi connectivity index (χ0v) is 21.6. The minimum absolute atomic E-state index is 0.321. The molecule has 158 valence electrons. The Labute approximate surface area is 200 Å². The second-order valence-electron chi connectivity index (χ2n) is 6.93. The first-order valence-corrected chi connectivity index (χ1v) is 14.0. The van der Waals surface area contributed by atoms with Gasteiger partial charge in [0.05, 0.1) is 26.9 Å². The number of thiazole rings is 1. The van der Waals surface area contributed by atoms with Gasteiger partial charge in [-0.25, -0.2) is 8.42 Å². The Balaban J connectivity index is 1.66. The molecule has 2 aromatic carbocycles. The Bertz CT molecular complexity index is 1260. The van der Waals surface area contributed by atoms with Gasteiger partial charge >= 0.3 is 0 Å². The van der Waals surface area contributed by atoms with E-state index in [1.165, 1.54) is 4.70 Å². The van der Waals surface area contributed by atoms with Gasteiger partial charge in [0.15, 0.2) is 0 Å². The molecule has 0 spiro atoms. The van der Waals surface area contributed by atoms with E-state index in [0.717, 1.165) is 35.1 Å². The van der Waals surface area contributed by atoms with Crippen LogP contribution >= 0.6 is 55.0 Å². The normalized spacial score (nSPS) is 15.3. The standard InChI is InChI=1S/C20H18Br2N2O3S3/c1-23-15-10-13(21)4-6-17(15)28-19(23)12-20-24(8-2-3-9-30(25,26)27)16-11-14(22)5-7-18(16)29-20/h4-7,10-12H,2-3,8-9H2,1H3. The summed E-state index contributed by atoms with van der Waals surface area (Å²) in [5.41, 5.74) is 2.26. The molecule has 0 bridgehead atoms. The Kier molecular flexibility index (Phi) is 6.62. The molecular formula is C20H18Br2N2O3S3. The molecule has 3 aromatic rings. The third-order valence-electron chi connectivity index (χ3n) is 4.79. The first-order valence-electron chi connectivity index (χ1n) is 9.19. The fourth-order valence-corrected chi connectivity index (χ4v) is 6.84. The quantitative estimate of drug-likeness (QED) is 0.216. The van der Waals surface area contributed by atoms with Crippen molar-refractivity contribution < 1.29 is 17.5 Å². The summed E-state index contributed by atoms with van der Waals surface area (Å²) in [6.45, 7) is 0.651. The fraction of sp³-hybridized carbons (Fsp3) is 0.250. The van der Waals surface area contributed by atoms with Gasteiger partial charge in [0, 0.05) is 32.2 Å². The number of benzene rings is 2. The van der Waals surface area contributed by atoms with Crippen LogP contribution in [0, 0.1) is 0 Å². The predicted octanol–water partition coefficient (Wildman–Crippen LogP) is 5.49. The second-order valence-corrected chi connectivity index (χ2v) is 12.4. The lowest BCUT2D eigenvalue weighted by Gasteiger charge is -2.20. The van der Waals surface area contributed by atoms with Crippen LogP contribution in [-0.2, 0) is 17.2 Å². The second kappa shape index (κ2) is 8.91. The Hall–Kier alpha value is -0.910. The molecule has 0 N–H and O–H groups in total. The molecule has 30 heavy (non-hydrogen) atoms. The molecule has 0 aliphatic carbocycles. The molecule has 5 nitrogen and oxygen atoms in total. The van der Waals surface area contributed by atoms with Crippen LogP contribution in [0.5, 0.6) is 0 Å². The summed E-state index contributed by atoms with van der Waals surface area (Å²) in [5.74, 6) is -0.321. The van der Waals surface area contributed by atoms with Crippen LogP contribution in [0.25, 0.3) is 16.3 Å². The van der Waals surface area contributed by atoms with Gasteiger partial charge < -0.3 is 9.45 Å². The summed E-state index contributed by atoms with van der Waals surface area (Å²) < 4.78 is 38.2. The molecule has 0 unspecified atom stereocenters. The largest absolute Gasteiger partial charge is 0.748 e. The minimum atomic E-state index is -4.17. The first kappa shape index (κ1) is 22.3. The highest BCUT2D eigenvalue weighted by molar-refractivity contribution is 9.10. The lowest BCUT2D eigenvalue weighted by Crippen LogP contribution is -2.29. The van der Waals surface area contributed by atoms with E-state index in [2.05, 4.69) is 78.7 Å². The van der Waals surface area contributed by atoms with Crippen molar-refractivity contribution in [3.05, 3.63) is 55.4 Å². The van der Waals surface area contributed by atoms with Crippen LogP contribution < -0.4 is 9.47 Å². The van der Waals surface area contributed by atoms with E-state index in [9.17, 15) is 13.0 Å². The summed E-state index contributed by atoms with van der Waals surface area (Å²) in [6.07, 6.45) is 3.16. The van der Waals surface area contributed by atoms with Gasteiger partial charge in [0.2, 0.25) is 5.52 Å². The van der Waals surface area contributed by atoms with Gasteiger partial charge in [0.1, 0.15) is 11.7 Å². The highest BCUT2D eigenvalue weighted by Crippen LogP contribution is 2.48. The first-order chi connectivity index (χ1) is 14.2. The number of halogens is 2. The van der Waals surface area contributed by atoms with Crippen LogP contribution in [0.3, 0.4) is 0 Å². The van der Waals surface area contributed by atoms with E-state index in [1.807, 2.05) is 12.1 Å². The Morgan fingerprint density at radius 3 is 2.63 bits per heavy atom. The molecule has 0 atom stereocenters. The molecule has 0 saturated carbocycles. The number of hydrogen-bond donors (Lipinski definition) is 0. The van der Waals surface area contributed by atoms with Gasteiger partial charge in [-0.3, -0.25) is 0 Å². The Morgan fingerprint density at radius 2 is 1.87 bits per heavy atom. The monoisotopic (exact) mass is 588 g/mol. The number of rotatable bonds is 6. The van der Waals surface area contributed by atoms with Gasteiger partial charge in [-0.05, 0) is 43.2 Å². The molecule has 0 amide bonds. The van der Waals surface area contributed by atoms with Crippen molar-refractivity contribution in [2.75, 3.05) is 17.2 Å². The van der Waals surface area contributed by atoms with Gasteiger partial charge in [-0.15, -0.1) is 0 Å². The average Bonchev–Trinajstić information content (AvgIpc) is 3.16. The van der Waals surface area contributed by atoms with Crippen LogP contribution in [-0.4, -0.2) is 25.3 Å². The molecule has 10 heteroatoms. The molecule has 2 heterocycles. The highest BCUT2D eigenvalue weighted by atomic mass is 79.9. The summed E-state index contributed by atoms with van der Waals surface area (Å²) in [7, 11) is -2.11. The number of aryl methyl sites for hydroxylation is 1. The van der Waals surface area contributed by atoms with Gasteiger partial charge in [-0.2, -0.15) is 4.57 Å². The maximum Gasteiger partial charge on any atom is 0.265 e. The molecule has 4 rings (SSSR count). The number of unbranched alkanes of at least 4 members (excludes halogenated alkanes) is 1. The van der Waals surface area contributed by atoms with E-state index in [1.54, 1.807) is 23.1 Å². The minimum Gasteiger partial charge on any atom is -0.748 e. The van der Waals surface area contributed by atoms with Crippen LogP contribution in [0.15, 0.2) is 55.3 Å². The zero-order chi connectivity index (χ0) is 21.5. The van der Waals surface area contributed by atoms with Crippen LogP contribution in [0.2, 0.25) is 0 Å². The summed E-state index contributed by atoms with van der Waals surface area (Å²) >= 11 is 10.5. The summed E-state index contributed by atoms with van der Waals surface area (Å²) in [5, 5.41) is 2.22. The van der Waals surface area contributed by atoms with E-state index in [-0.39, 0.29) is 5.75 Å². The summed E-state index contributed by atoms with van der Waals surface area (Å²) in [6, 6.07) is 12.5. The van der Waals surface area contributed by atoms with Crippen molar-refractivity contribution in [3.8, 4) is 0 Å². The topological polar surface area (TPSA) is 64.3 Å². The van der Waals surface area contributed by atoms with Crippen molar-refractivity contribution in [2.45, 2.75) is 17.7 Å². The molecule has 1 aliphatic rings. The number of fused-ring (bicyclic) bond motifs is 2. The maximum atomic E-state index is 10.9. The number of nitrogens with zero attached hydrogens (tertiary/aromatic N) is 2. The third-order valence-corrected chi connectivity index (χ3v) is 8.85. The number of thioether (sulfide) groups is 1. The van der Waals surface area contributed by atoms with E-state index in [0.29, 0.717) is 19.4 Å². The lowest BCUT2D eigenvalue weighted by atomic mass is 10.2. The maximum absolute atomic E-state index is 10.9. The van der Waals surface area contributed by atoms with E-state index < -0.39 is 10.1 Å². The molecule has 1 aliphatic heterocycles. The van der Waals surface area contributed by atoms with Crippen molar-refractivity contribution >= 4 is 87.1 Å². The number of hydrogen-bond acceptors (Lipinski definition) is 6. The SMILES string of the molecule is C[n+]1c(C=C2Sc3ccc(Br)cc3N2CCCCS(=O)(=O)[O-])sc2ccc(Br)cc21. The van der Waals surface area contributed by atoms with Gasteiger partial charge in [0.25, 0.3) is 5.01 Å². The molecule has 0 fully saturated rings. The van der Waals surface area contributed by atoms with Crippen molar-refractivity contribution in [3.63, 3.8) is 0 Å². The third kappa shape index (κ3) is 4.94. The molecule has 0 radical (unpaired) electrons. The van der Waals surface area contributed by atoms with Crippen molar-refractivity contribution in [1.29, 1.82) is 0 Å². The van der Waals surface area contributed by atoms with Crippen LogP contribution in [0.4, 0.5) is 5.69 Å². The molecular weight excluding hydrogens is 572 g/mol. The molecule has 0 saturated heterocycles. The zero-order valence-electron chi connectivity index (χ0n) is 16.0. The summed E-state index contributed by atoms with van der Waals surface area (Å²) in [4.78, 5) is 3.37. The number of anilines is 1. The molecule has 1 aromatic heterocycles. The fourth-order valence-electron chi connectivity index (χ4n) is 3.33. The van der Waals surface area contributed by atoms with E-state index in [4.69, 9.17) is 0 Å². The van der Waals surface area contributed by atoms with Gasteiger partial charge in [-0.1, -0.05) is 55.0 Å². The van der Waals surface area contributed by atoms with Crippen molar-refractivity contribution in [2.24, 2.45) is 7.05 Å². The highest BCUT2D eigenvalue weighted by Gasteiger charge is 2.27. The Morgan fingerprint density at radius 1 is 1.13 bits per heavy atom. The predicted molar refractivity (Wildman–Crippen MR) is 130 cm³/mol. The van der Waals surface area contributed by atoms with E-state index >= 15 is 0 Å². The smallest absolute Gasteiger partial charge is 0.265 e. The van der Waals surface area contributed by atoms with Crippen molar-refractivity contribution in [1.82, 2.24) is 0 Å². The number of aromatic nitrogens is 1. The average molecular weight is 590 g/mol. The lowest BCUT2D eigenvalue weighted by molar-refractivity contribution is -0.642. The van der Waals surface area contributed by atoms with Crippen LogP contribution in [0.1, 0.15) is 17.8 Å².